The van der Waals surface area contributed by atoms with Crippen LogP contribution >= 0.6 is 0 Å². The van der Waals surface area contributed by atoms with Gasteiger partial charge in [0.15, 0.2) is 0 Å². The molecule has 0 spiro atoms. The smallest absolute Gasteiger partial charge is 0.222 e. The van der Waals surface area contributed by atoms with Crippen molar-refractivity contribution >= 4 is 5.91 Å². The molecule has 1 aliphatic heterocycles. The summed E-state index contributed by atoms with van der Waals surface area (Å²) in [5, 5.41) is 6.66. The van der Waals surface area contributed by atoms with E-state index in [0.29, 0.717) is 12.5 Å². The minimum absolute atomic E-state index is 0.239. The fraction of sp³-hybridized carbons (Fsp3) is 0.733. The van der Waals surface area contributed by atoms with E-state index in [1.54, 1.807) is 6.20 Å². The SMILES string of the molecule is CN(C)CCOC1CCN(C(=O)CCc2cn[nH]c2)CC1. The molecule has 21 heavy (non-hydrogen) atoms. The average Bonchev–Trinajstić information content (AvgIpc) is 2.98. The molecular formula is C15H26N4O2. The number of carbonyl (C=O) groups excluding carboxylic acids is 1. The highest BCUT2D eigenvalue weighted by Gasteiger charge is 2.22. The van der Waals surface area contributed by atoms with Gasteiger partial charge in [0.2, 0.25) is 5.91 Å². The fourth-order valence-electron chi connectivity index (χ4n) is 2.50. The summed E-state index contributed by atoms with van der Waals surface area (Å²) < 4.78 is 5.85. The van der Waals surface area contributed by atoms with Crippen LogP contribution in [0.25, 0.3) is 0 Å². The van der Waals surface area contributed by atoms with Gasteiger partial charge < -0.3 is 14.5 Å². The number of H-pyrrole nitrogens is 1. The fourth-order valence-corrected chi connectivity index (χ4v) is 2.50. The van der Waals surface area contributed by atoms with Crippen molar-refractivity contribution in [3.63, 3.8) is 0 Å². The molecule has 0 aromatic carbocycles. The molecule has 0 atom stereocenters. The molecule has 2 rings (SSSR count). The normalized spacial score (nSPS) is 16.6. The summed E-state index contributed by atoms with van der Waals surface area (Å²) in [6.07, 6.45) is 7.15. The molecule has 118 valence electrons. The second-order valence-electron chi connectivity index (χ2n) is 5.86. The van der Waals surface area contributed by atoms with Crippen molar-refractivity contribution in [3.8, 4) is 0 Å². The topological polar surface area (TPSA) is 61.5 Å². The molecule has 0 aliphatic carbocycles. The molecule has 1 N–H and O–H groups in total. The first-order valence-electron chi connectivity index (χ1n) is 7.67. The van der Waals surface area contributed by atoms with Crippen molar-refractivity contribution in [2.75, 3.05) is 40.3 Å². The van der Waals surface area contributed by atoms with Crippen LogP contribution in [0.4, 0.5) is 0 Å². The number of piperidine rings is 1. The van der Waals surface area contributed by atoms with Crippen LogP contribution < -0.4 is 0 Å². The van der Waals surface area contributed by atoms with Crippen LogP contribution in [0, 0.1) is 0 Å². The molecule has 0 radical (unpaired) electrons. The summed E-state index contributed by atoms with van der Waals surface area (Å²) in [6, 6.07) is 0. The molecular weight excluding hydrogens is 268 g/mol. The molecule has 6 nitrogen and oxygen atoms in total. The minimum atomic E-state index is 0.239. The van der Waals surface area contributed by atoms with Crippen molar-refractivity contribution in [2.45, 2.75) is 31.8 Å². The van der Waals surface area contributed by atoms with Gasteiger partial charge in [-0.2, -0.15) is 5.10 Å². The van der Waals surface area contributed by atoms with Gasteiger partial charge in [0.1, 0.15) is 0 Å². The van der Waals surface area contributed by atoms with Crippen LogP contribution in [0.5, 0.6) is 0 Å². The number of hydrogen-bond donors (Lipinski definition) is 1. The predicted molar refractivity (Wildman–Crippen MR) is 81.0 cm³/mol. The first kappa shape index (κ1) is 16.0. The summed E-state index contributed by atoms with van der Waals surface area (Å²) in [7, 11) is 4.09. The Morgan fingerprint density at radius 3 is 2.86 bits per heavy atom. The van der Waals surface area contributed by atoms with Gasteiger partial charge in [-0.15, -0.1) is 0 Å². The average molecular weight is 294 g/mol. The number of likely N-dealkylation sites (N-methyl/N-ethyl adjacent to an activating group) is 1. The second-order valence-corrected chi connectivity index (χ2v) is 5.86. The van der Waals surface area contributed by atoms with Crippen molar-refractivity contribution in [2.24, 2.45) is 0 Å². The lowest BCUT2D eigenvalue weighted by Gasteiger charge is -2.32. The number of aromatic amines is 1. The van der Waals surface area contributed by atoms with Gasteiger partial charge in [-0.25, -0.2) is 0 Å². The Labute approximate surface area is 126 Å². The maximum absolute atomic E-state index is 12.2. The largest absolute Gasteiger partial charge is 0.377 e. The number of nitrogens with one attached hydrogen (secondary N) is 1. The predicted octanol–water partition coefficient (Wildman–Crippen LogP) is 0.911. The van der Waals surface area contributed by atoms with Crippen LogP contribution in [0.2, 0.25) is 0 Å². The summed E-state index contributed by atoms with van der Waals surface area (Å²) in [5.74, 6) is 0.239. The lowest BCUT2D eigenvalue weighted by Crippen LogP contribution is -2.41. The van der Waals surface area contributed by atoms with E-state index in [-0.39, 0.29) is 5.91 Å². The lowest BCUT2D eigenvalue weighted by atomic mass is 10.1. The first-order valence-corrected chi connectivity index (χ1v) is 7.67. The Kier molecular flexibility index (Phi) is 6.20. The third kappa shape index (κ3) is 5.47. The molecule has 6 heteroatoms. The van der Waals surface area contributed by atoms with E-state index < -0.39 is 0 Å². The molecule has 0 unspecified atom stereocenters. The van der Waals surface area contributed by atoms with E-state index in [4.69, 9.17) is 4.74 Å². The van der Waals surface area contributed by atoms with Crippen LogP contribution in [0.15, 0.2) is 12.4 Å². The Bertz CT molecular complexity index is 411. The molecule has 0 bridgehead atoms. The van der Waals surface area contributed by atoms with Crippen molar-refractivity contribution in [1.29, 1.82) is 0 Å². The van der Waals surface area contributed by atoms with Crippen molar-refractivity contribution < 1.29 is 9.53 Å². The van der Waals surface area contributed by atoms with Crippen LogP contribution in [-0.4, -0.2) is 72.3 Å². The maximum Gasteiger partial charge on any atom is 0.222 e. The van der Waals surface area contributed by atoms with Crippen molar-refractivity contribution in [1.82, 2.24) is 20.0 Å². The van der Waals surface area contributed by atoms with Crippen LogP contribution in [-0.2, 0) is 16.0 Å². The number of likely N-dealkylation sites (tertiary alicyclic amines) is 1. The van der Waals surface area contributed by atoms with E-state index in [9.17, 15) is 4.79 Å². The van der Waals surface area contributed by atoms with Gasteiger partial charge in [0.25, 0.3) is 0 Å². The highest BCUT2D eigenvalue weighted by molar-refractivity contribution is 5.76. The number of ether oxygens (including phenoxy) is 1. The highest BCUT2D eigenvalue weighted by atomic mass is 16.5. The summed E-state index contributed by atoms with van der Waals surface area (Å²) in [6.45, 7) is 3.35. The number of amides is 1. The number of aromatic nitrogens is 2. The number of nitrogens with zero attached hydrogens (tertiary/aromatic N) is 3. The van der Waals surface area contributed by atoms with E-state index in [2.05, 4.69) is 15.1 Å². The van der Waals surface area contributed by atoms with Gasteiger partial charge in [-0.1, -0.05) is 0 Å². The Morgan fingerprint density at radius 2 is 2.24 bits per heavy atom. The zero-order chi connectivity index (χ0) is 15.1. The molecule has 1 aromatic rings. The van der Waals surface area contributed by atoms with E-state index in [0.717, 1.165) is 51.1 Å². The quantitative estimate of drug-likeness (QED) is 0.812. The van der Waals surface area contributed by atoms with Gasteiger partial charge in [-0.3, -0.25) is 9.89 Å². The Morgan fingerprint density at radius 1 is 1.48 bits per heavy atom. The van der Waals surface area contributed by atoms with E-state index >= 15 is 0 Å². The molecule has 1 amide bonds. The summed E-state index contributed by atoms with van der Waals surface area (Å²) in [5.41, 5.74) is 1.09. The highest BCUT2D eigenvalue weighted by Crippen LogP contribution is 2.15. The first-order chi connectivity index (χ1) is 10.1. The molecule has 1 fully saturated rings. The molecule has 1 aromatic heterocycles. The monoisotopic (exact) mass is 294 g/mol. The second kappa shape index (κ2) is 8.14. The van der Waals surface area contributed by atoms with Crippen LogP contribution in [0.1, 0.15) is 24.8 Å². The standard InChI is InChI=1S/C15H26N4O2/c1-18(2)9-10-21-14-5-7-19(8-6-14)15(20)4-3-13-11-16-17-12-13/h11-12,14H,3-10H2,1-2H3,(H,16,17). The van der Waals surface area contributed by atoms with Gasteiger partial charge >= 0.3 is 0 Å². The molecule has 1 aliphatic rings. The third-order valence-corrected chi connectivity index (χ3v) is 3.87. The summed E-state index contributed by atoms with van der Waals surface area (Å²) >= 11 is 0. The number of hydrogen-bond acceptors (Lipinski definition) is 4. The van der Waals surface area contributed by atoms with E-state index in [1.807, 2.05) is 25.2 Å². The zero-order valence-corrected chi connectivity index (χ0v) is 13.0. The third-order valence-electron chi connectivity index (χ3n) is 3.87. The minimum Gasteiger partial charge on any atom is -0.377 e. The van der Waals surface area contributed by atoms with Gasteiger partial charge in [0, 0.05) is 32.3 Å². The zero-order valence-electron chi connectivity index (χ0n) is 13.0. The van der Waals surface area contributed by atoms with Gasteiger partial charge in [0.05, 0.1) is 18.9 Å². The Hall–Kier alpha value is -1.40. The van der Waals surface area contributed by atoms with Crippen molar-refractivity contribution in [3.05, 3.63) is 18.0 Å². The van der Waals surface area contributed by atoms with Crippen LogP contribution in [0.3, 0.4) is 0 Å². The molecule has 0 saturated carbocycles. The molecule has 2 heterocycles. The Balaban J connectivity index is 1.62. The number of rotatable bonds is 7. The maximum atomic E-state index is 12.2. The van der Waals surface area contributed by atoms with E-state index in [1.165, 1.54) is 0 Å². The number of carbonyl (C=O) groups is 1. The lowest BCUT2D eigenvalue weighted by molar-refractivity contribution is -0.133. The number of aryl methyl sites for hydroxylation is 1. The van der Waals surface area contributed by atoms with Gasteiger partial charge in [-0.05, 0) is 38.9 Å². The summed E-state index contributed by atoms with van der Waals surface area (Å²) in [4.78, 5) is 16.2. The molecule has 1 saturated heterocycles.